The van der Waals surface area contributed by atoms with E-state index < -0.39 is 5.91 Å². The number of aryl methyl sites for hydroxylation is 1. The van der Waals surface area contributed by atoms with Crippen molar-refractivity contribution in [3.05, 3.63) is 62.6 Å². The quantitative estimate of drug-likeness (QED) is 0.466. The van der Waals surface area contributed by atoms with Gasteiger partial charge in [0.2, 0.25) is 0 Å². The third-order valence-corrected chi connectivity index (χ3v) is 4.43. The van der Waals surface area contributed by atoms with Crippen LogP contribution in [0, 0.1) is 18.3 Å². The van der Waals surface area contributed by atoms with Crippen LogP contribution in [0.2, 0.25) is 5.02 Å². The number of benzene rings is 2. The fourth-order valence-corrected chi connectivity index (χ4v) is 2.71. The number of hydrogen-bond donors (Lipinski definition) is 1. The van der Waals surface area contributed by atoms with Crippen molar-refractivity contribution < 1.29 is 9.53 Å². The number of ether oxygens (including phenoxy) is 1. The number of rotatable bonds is 6. The average molecular weight is 434 g/mol. The molecule has 0 aliphatic heterocycles. The first-order valence-electron chi connectivity index (χ1n) is 8.06. The minimum atomic E-state index is -0.506. The lowest BCUT2D eigenvalue weighted by Gasteiger charge is -2.10. The summed E-state index contributed by atoms with van der Waals surface area (Å²) in [7, 11) is 0. The number of amides is 1. The summed E-state index contributed by atoms with van der Waals surface area (Å²) in [4.78, 5) is 12.5. The van der Waals surface area contributed by atoms with Crippen molar-refractivity contribution in [1.29, 1.82) is 5.26 Å². The van der Waals surface area contributed by atoms with Crippen molar-refractivity contribution in [1.82, 2.24) is 0 Å². The van der Waals surface area contributed by atoms with Crippen molar-refractivity contribution in [3.8, 4) is 11.8 Å². The molecule has 2 rings (SSSR count). The zero-order valence-corrected chi connectivity index (χ0v) is 16.8. The zero-order chi connectivity index (χ0) is 19.1. The summed E-state index contributed by atoms with van der Waals surface area (Å²) in [5.41, 5.74) is 2.07. The van der Waals surface area contributed by atoms with Gasteiger partial charge in [-0.25, -0.2) is 0 Å². The summed E-state index contributed by atoms with van der Waals surface area (Å²) < 4.78 is 6.52. The van der Waals surface area contributed by atoms with Gasteiger partial charge in [0.15, 0.2) is 0 Å². The first-order valence-corrected chi connectivity index (χ1v) is 9.23. The molecule has 2 aromatic carbocycles. The second-order valence-corrected chi connectivity index (χ2v) is 6.94. The highest BCUT2D eigenvalue weighted by Gasteiger charge is 2.12. The summed E-state index contributed by atoms with van der Waals surface area (Å²) in [6.07, 6.45) is 2.37. The maximum atomic E-state index is 12.5. The Hall–Kier alpha value is -2.29. The van der Waals surface area contributed by atoms with Gasteiger partial charge in [0.1, 0.15) is 17.4 Å². The van der Waals surface area contributed by atoms with E-state index >= 15 is 0 Å². The maximum absolute atomic E-state index is 12.5. The number of nitrogens with zero attached hydrogens (tertiary/aromatic N) is 1. The number of nitrogens with one attached hydrogen (secondary N) is 1. The molecule has 134 valence electrons. The summed E-state index contributed by atoms with van der Waals surface area (Å²) in [5, 5.41) is 12.7. The highest BCUT2D eigenvalue weighted by atomic mass is 79.9. The van der Waals surface area contributed by atoms with Gasteiger partial charge in [-0.15, -0.1) is 0 Å². The second-order valence-electron chi connectivity index (χ2n) is 5.62. The molecule has 26 heavy (non-hydrogen) atoms. The fourth-order valence-electron chi connectivity index (χ4n) is 2.15. The molecule has 0 aromatic heterocycles. The molecule has 0 fully saturated rings. The van der Waals surface area contributed by atoms with Gasteiger partial charge in [-0.1, -0.05) is 40.5 Å². The van der Waals surface area contributed by atoms with Crippen LogP contribution in [0.4, 0.5) is 5.69 Å². The van der Waals surface area contributed by atoms with E-state index in [1.165, 1.54) is 6.08 Å². The predicted molar refractivity (Wildman–Crippen MR) is 108 cm³/mol. The van der Waals surface area contributed by atoms with Crippen molar-refractivity contribution in [3.63, 3.8) is 0 Å². The highest BCUT2D eigenvalue weighted by molar-refractivity contribution is 9.10. The normalized spacial score (nSPS) is 11.0. The lowest BCUT2D eigenvalue weighted by molar-refractivity contribution is -0.112. The molecule has 6 heteroatoms. The molecule has 0 aliphatic rings. The monoisotopic (exact) mass is 432 g/mol. The lowest BCUT2D eigenvalue weighted by atomic mass is 10.1. The third kappa shape index (κ3) is 5.35. The van der Waals surface area contributed by atoms with Crippen LogP contribution in [0.15, 0.2) is 46.4 Å². The van der Waals surface area contributed by atoms with Gasteiger partial charge < -0.3 is 10.1 Å². The van der Waals surface area contributed by atoms with Gasteiger partial charge in [0.05, 0.1) is 6.61 Å². The van der Waals surface area contributed by atoms with Crippen LogP contribution in [0.3, 0.4) is 0 Å². The Kier molecular flexibility index (Phi) is 7.26. The molecular weight excluding hydrogens is 416 g/mol. The van der Waals surface area contributed by atoms with Crippen LogP contribution in [0.25, 0.3) is 6.08 Å². The molecule has 1 amide bonds. The molecule has 0 radical (unpaired) electrons. The molecule has 2 aromatic rings. The van der Waals surface area contributed by atoms with Crippen LogP contribution < -0.4 is 10.1 Å². The molecule has 1 N–H and O–H groups in total. The van der Waals surface area contributed by atoms with Gasteiger partial charge in [0.25, 0.3) is 5.91 Å². The molecule has 0 saturated heterocycles. The first-order chi connectivity index (χ1) is 12.4. The third-order valence-electron chi connectivity index (χ3n) is 3.53. The molecule has 0 saturated carbocycles. The van der Waals surface area contributed by atoms with Crippen LogP contribution in [-0.2, 0) is 4.79 Å². The van der Waals surface area contributed by atoms with Crippen LogP contribution in [0.5, 0.6) is 5.75 Å². The number of anilines is 1. The first kappa shape index (κ1) is 20.0. The molecule has 0 spiro atoms. The lowest BCUT2D eigenvalue weighted by Crippen LogP contribution is -2.13. The highest BCUT2D eigenvalue weighted by Crippen LogP contribution is 2.26. The number of halogens is 2. The van der Waals surface area contributed by atoms with E-state index in [2.05, 4.69) is 21.2 Å². The Labute approximate surface area is 166 Å². The molecule has 4 nitrogen and oxygen atoms in total. The van der Waals surface area contributed by atoms with Crippen LogP contribution in [-0.4, -0.2) is 12.5 Å². The molecule has 0 bridgehead atoms. The second kappa shape index (κ2) is 9.42. The summed E-state index contributed by atoms with van der Waals surface area (Å²) in [6, 6.07) is 12.6. The minimum Gasteiger partial charge on any atom is -0.493 e. The van der Waals surface area contributed by atoms with E-state index in [1.807, 2.05) is 26.0 Å². The average Bonchev–Trinajstić information content (AvgIpc) is 2.62. The summed E-state index contributed by atoms with van der Waals surface area (Å²) in [6.45, 7) is 4.44. The van der Waals surface area contributed by atoms with E-state index in [9.17, 15) is 10.1 Å². The van der Waals surface area contributed by atoms with Gasteiger partial charge in [-0.3, -0.25) is 4.79 Å². The molecule has 0 unspecified atom stereocenters. The number of nitriles is 1. The SMILES string of the molecule is CCCOc1ccc(Br)cc1/C=C(\C#N)C(=O)Nc1ccc(C)c(Cl)c1. The topological polar surface area (TPSA) is 62.1 Å². The van der Waals surface area contributed by atoms with Crippen molar-refractivity contribution >= 4 is 45.2 Å². The van der Waals surface area contributed by atoms with Crippen molar-refractivity contribution in [2.75, 3.05) is 11.9 Å². The van der Waals surface area contributed by atoms with Crippen molar-refractivity contribution in [2.45, 2.75) is 20.3 Å². The van der Waals surface area contributed by atoms with Crippen LogP contribution in [0.1, 0.15) is 24.5 Å². The number of carbonyl (C=O) groups is 1. The molecule has 0 atom stereocenters. The Bertz CT molecular complexity index is 888. The molecular formula is C20H18BrClN2O2. The smallest absolute Gasteiger partial charge is 0.266 e. The van der Waals surface area contributed by atoms with Gasteiger partial charge in [-0.2, -0.15) is 5.26 Å². The standard InChI is InChI=1S/C20H18BrClN2O2/c1-3-8-26-19-7-5-16(21)10-14(19)9-15(12-23)20(25)24-17-6-4-13(2)18(22)11-17/h4-7,9-11H,3,8H2,1-2H3,(H,24,25)/b15-9+. The zero-order valence-electron chi connectivity index (χ0n) is 14.5. The van der Waals surface area contributed by atoms with Gasteiger partial charge >= 0.3 is 0 Å². The van der Waals surface area contributed by atoms with E-state index in [4.69, 9.17) is 16.3 Å². The van der Waals surface area contributed by atoms with E-state index in [0.717, 1.165) is 16.5 Å². The Morgan fingerprint density at radius 2 is 2.12 bits per heavy atom. The van der Waals surface area contributed by atoms with E-state index in [0.29, 0.717) is 28.6 Å². The summed E-state index contributed by atoms with van der Waals surface area (Å²) >= 11 is 9.47. The Balaban J connectivity index is 2.29. The largest absolute Gasteiger partial charge is 0.493 e. The van der Waals surface area contributed by atoms with Gasteiger partial charge in [0, 0.05) is 20.7 Å². The Morgan fingerprint density at radius 1 is 1.35 bits per heavy atom. The number of hydrogen-bond acceptors (Lipinski definition) is 3. The maximum Gasteiger partial charge on any atom is 0.266 e. The minimum absolute atomic E-state index is 0.0267. The predicted octanol–water partition coefficient (Wildman–Crippen LogP) is 5.75. The summed E-state index contributed by atoms with van der Waals surface area (Å²) in [5.74, 6) is 0.114. The van der Waals surface area contributed by atoms with Crippen molar-refractivity contribution in [2.24, 2.45) is 0 Å². The number of carbonyl (C=O) groups excluding carboxylic acids is 1. The Morgan fingerprint density at radius 3 is 2.77 bits per heavy atom. The van der Waals surface area contributed by atoms with Crippen LogP contribution >= 0.6 is 27.5 Å². The molecule has 0 heterocycles. The van der Waals surface area contributed by atoms with E-state index in [1.54, 1.807) is 30.3 Å². The molecule has 0 aliphatic carbocycles. The van der Waals surface area contributed by atoms with Gasteiger partial charge in [-0.05, 0) is 55.3 Å². The van der Waals surface area contributed by atoms with E-state index in [-0.39, 0.29) is 5.57 Å². The fraction of sp³-hybridized carbons (Fsp3) is 0.200.